The first-order chi connectivity index (χ1) is 11.1. The van der Waals surface area contributed by atoms with Gasteiger partial charge in [0.25, 0.3) is 5.92 Å². The zero-order chi connectivity index (χ0) is 18.0. The fraction of sp³-hybridized carbons (Fsp3) is 0.667. The Labute approximate surface area is 138 Å². The molecule has 0 bridgehead atoms. The van der Waals surface area contributed by atoms with Gasteiger partial charge in [0, 0.05) is 12.3 Å². The molecule has 1 aliphatic carbocycles. The average Bonchev–Trinajstić information content (AvgIpc) is 2.46. The van der Waals surface area contributed by atoms with Crippen LogP contribution in [0.5, 0.6) is 0 Å². The number of halogens is 6. The summed E-state index contributed by atoms with van der Waals surface area (Å²) in [6.45, 7) is 2.07. The van der Waals surface area contributed by atoms with Crippen LogP contribution in [0.25, 0.3) is 0 Å². The highest BCUT2D eigenvalue weighted by Crippen LogP contribution is 2.42. The van der Waals surface area contributed by atoms with Crippen molar-refractivity contribution in [3.05, 3.63) is 35.1 Å². The van der Waals surface area contributed by atoms with E-state index in [1.807, 2.05) is 0 Å². The lowest BCUT2D eigenvalue weighted by molar-refractivity contribution is -0.140. The summed E-state index contributed by atoms with van der Waals surface area (Å²) in [6, 6.07) is 2.07. The fourth-order valence-corrected chi connectivity index (χ4v) is 3.60. The van der Waals surface area contributed by atoms with Crippen LogP contribution in [-0.2, 0) is 12.6 Å². The smallest absolute Gasteiger partial charge is 0.206 e. The first-order valence-corrected chi connectivity index (χ1v) is 8.37. The Kier molecular flexibility index (Phi) is 5.87. The van der Waals surface area contributed by atoms with E-state index in [9.17, 15) is 26.3 Å². The SMILES string of the molecule is CCCC1CCC(C(F)(F)Cc2ccc(C(F)(F)F)c(F)c2)CC1. The highest BCUT2D eigenvalue weighted by atomic mass is 19.4. The predicted octanol–water partition coefficient (Wildman–Crippen LogP) is 6.63. The van der Waals surface area contributed by atoms with E-state index in [1.54, 1.807) is 0 Å². The summed E-state index contributed by atoms with van der Waals surface area (Å²) < 4.78 is 80.0. The van der Waals surface area contributed by atoms with Crippen molar-refractivity contribution in [2.75, 3.05) is 0 Å². The Bertz CT molecular complexity index is 541. The van der Waals surface area contributed by atoms with Gasteiger partial charge in [0.15, 0.2) is 0 Å². The van der Waals surface area contributed by atoms with Crippen molar-refractivity contribution in [3.63, 3.8) is 0 Å². The molecule has 1 saturated carbocycles. The molecule has 0 radical (unpaired) electrons. The lowest BCUT2D eigenvalue weighted by Gasteiger charge is -2.33. The molecule has 6 heteroatoms. The van der Waals surface area contributed by atoms with Crippen LogP contribution in [0.3, 0.4) is 0 Å². The molecule has 0 spiro atoms. The molecule has 1 fully saturated rings. The third-order valence-corrected chi connectivity index (χ3v) is 4.92. The molecular formula is C18H22F6. The molecule has 0 atom stereocenters. The molecule has 24 heavy (non-hydrogen) atoms. The lowest BCUT2D eigenvalue weighted by Crippen LogP contribution is -2.34. The second kappa shape index (κ2) is 7.36. The molecule has 1 aromatic carbocycles. The Hall–Kier alpha value is -1.20. The van der Waals surface area contributed by atoms with Crippen LogP contribution in [-0.4, -0.2) is 5.92 Å². The van der Waals surface area contributed by atoms with E-state index < -0.39 is 35.8 Å². The minimum atomic E-state index is -4.82. The molecule has 0 saturated heterocycles. The zero-order valence-electron chi connectivity index (χ0n) is 13.6. The first kappa shape index (κ1) is 19.1. The van der Waals surface area contributed by atoms with Gasteiger partial charge in [0.1, 0.15) is 5.82 Å². The summed E-state index contributed by atoms with van der Waals surface area (Å²) >= 11 is 0. The largest absolute Gasteiger partial charge is 0.419 e. The van der Waals surface area contributed by atoms with E-state index in [-0.39, 0.29) is 5.56 Å². The molecule has 2 rings (SSSR count). The molecule has 136 valence electrons. The quantitative estimate of drug-likeness (QED) is 0.522. The van der Waals surface area contributed by atoms with Gasteiger partial charge in [0.05, 0.1) is 5.56 Å². The molecule has 0 amide bonds. The van der Waals surface area contributed by atoms with Crippen LogP contribution >= 0.6 is 0 Å². The minimum absolute atomic E-state index is 0.0961. The average molecular weight is 352 g/mol. The summed E-state index contributed by atoms with van der Waals surface area (Å²) in [6.07, 6.45) is -1.10. The molecule has 1 aromatic rings. The van der Waals surface area contributed by atoms with Crippen molar-refractivity contribution >= 4 is 0 Å². The minimum Gasteiger partial charge on any atom is -0.206 e. The zero-order valence-corrected chi connectivity index (χ0v) is 13.6. The Morgan fingerprint density at radius 1 is 1.00 bits per heavy atom. The number of hydrogen-bond donors (Lipinski definition) is 0. The van der Waals surface area contributed by atoms with Crippen LogP contribution in [0.1, 0.15) is 56.6 Å². The maximum absolute atomic E-state index is 14.4. The third-order valence-electron chi connectivity index (χ3n) is 4.92. The van der Waals surface area contributed by atoms with Crippen LogP contribution in [0.15, 0.2) is 18.2 Å². The summed E-state index contributed by atoms with van der Waals surface area (Å²) in [7, 11) is 0. The standard InChI is InChI=1S/C18H22F6/c1-2-3-12-4-7-14(8-5-12)17(20,21)11-13-6-9-15(16(19)10-13)18(22,23)24/h6,9-10,12,14H,2-5,7-8,11H2,1H3. The van der Waals surface area contributed by atoms with Crippen LogP contribution in [0, 0.1) is 17.7 Å². The summed E-state index contributed by atoms with van der Waals surface area (Å²) in [5.41, 5.74) is -1.52. The molecule has 0 heterocycles. The summed E-state index contributed by atoms with van der Waals surface area (Å²) in [5.74, 6) is -4.81. The topological polar surface area (TPSA) is 0 Å². The molecule has 0 nitrogen and oxygen atoms in total. The first-order valence-electron chi connectivity index (χ1n) is 8.37. The summed E-state index contributed by atoms with van der Waals surface area (Å²) in [5, 5.41) is 0. The summed E-state index contributed by atoms with van der Waals surface area (Å²) in [4.78, 5) is 0. The van der Waals surface area contributed by atoms with Crippen molar-refractivity contribution in [3.8, 4) is 0 Å². The van der Waals surface area contributed by atoms with E-state index in [1.165, 1.54) is 0 Å². The van der Waals surface area contributed by atoms with Crippen molar-refractivity contribution in [1.82, 2.24) is 0 Å². The van der Waals surface area contributed by atoms with Crippen LogP contribution < -0.4 is 0 Å². The number of benzene rings is 1. The Balaban J connectivity index is 2.03. The molecule has 0 N–H and O–H groups in total. The van der Waals surface area contributed by atoms with Gasteiger partial charge in [-0.05, 0) is 49.3 Å². The van der Waals surface area contributed by atoms with Gasteiger partial charge in [-0.15, -0.1) is 0 Å². The van der Waals surface area contributed by atoms with E-state index in [0.29, 0.717) is 30.9 Å². The van der Waals surface area contributed by atoms with Gasteiger partial charge in [0.2, 0.25) is 0 Å². The van der Waals surface area contributed by atoms with Gasteiger partial charge < -0.3 is 0 Å². The van der Waals surface area contributed by atoms with Gasteiger partial charge in [-0.1, -0.05) is 25.8 Å². The van der Waals surface area contributed by atoms with E-state index >= 15 is 0 Å². The molecule has 0 unspecified atom stereocenters. The van der Waals surface area contributed by atoms with Crippen molar-refractivity contribution in [1.29, 1.82) is 0 Å². The van der Waals surface area contributed by atoms with E-state index in [0.717, 1.165) is 31.7 Å². The second-order valence-electron chi connectivity index (χ2n) is 6.76. The second-order valence-corrected chi connectivity index (χ2v) is 6.76. The highest BCUT2D eigenvalue weighted by Gasteiger charge is 2.41. The van der Waals surface area contributed by atoms with Crippen molar-refractivity contribution in [2.45, 2.75) is 64.0 Å². The number of hydrogen-bond acceptors (Lipinski definition) is 0. The van der Waals surface area contributed by atoms with Crippen LogP contribution in [0.4, 0.5) is 26.3 Å². The maximum atomic E-state index is 14.4. The Morgan fingerprint density at radius 3 is 2.12 bits per heavy atom. The van der Waals surface area contributed by atoms with Gasteiger partial charge in [-0.25, -0.2) is 13.2 Å². The Morgan fingerprint density at radius 2 is 1.62 bits per heavy atom. The predicted molar refractivity (Wildman–Crippen MR) is 80.4 cm³/mol. The van der Waals surface area contributed by atoms with E-state index in [2.05, 4.69) is 6.92 Å². The molecule has 1 aliphatic rings. The maximum Gasteiger partial charge on any atom is 0.419 e. The monoisotopic (exact) mass is 352 g/mol. The van der Waals surface area contributed by atoms with Gasteiger partial charge in [-0.3, -0.25) is 0 Å². The third kappa shape index (κ3) is 4.67. The van der Waals surface area contributed by atoms with E-state index in [4.69, 9.17) is 0 Å². The van der Waals surface area contributed by atoms with Crippen LogP contribution in [0.2, 0.25) is 0 Å². The number of alkyl halides is 5. The van der Waals surface area contributed by atoms with Crippen molar-refractivity contribution < 1.29 is 26.3 Å². The van der Waals surface area contributed by atoms with Gasteiger partial charge in [-0.2, -0.15) is 13.2 Å². The van der Waals surface area contributed by atoms with Gasteiger partial charge >= 0.3 is 6.18 Å². The molecule has 0 aliphatic heterocycles. The molecular weight excluding hydrogens is 330 g/mol. The highest BCUT2D eigenvalue weighted by molar-refractivity contribution is 5.27. The fourth-order valence-electron chi connectivity index (χ4n) is 3.60. The normalized spacial score (nSPS) is 22.6. The van der Waals surface area contributed by atoms with Crippen molar-refractivity contribution in [2.24, 2.45) is 11.8 Å². The lowest BCUT2D eigenvalue weighted by atomic mass is 9.76. The number of rotatable bonds is 5. The molecule has 0 aromatic heterocycles.